The molecule has 3 atom stereocenters. The molecule has 110 valence electrons. The fourth-order valence-electron chi connectivity index (χ4n) is 4.91. The van der Waals surface area contributed by atoms with Gasteiger partial charge in [0.25, 0.3) is 0 Å². The van der Waals surface area contributed by atoms with E-state index in [1.54, 1.807) is 0 Å². The van der Waals surface area contributed by atoms with Gasteiger partial charge in [0.05, 0.1) is 0 Å². The molecule has 3 saturated heterocycles. The summed E-state index contributed by atoms with van der Waals surface area (Å²) < 4.78 is 0. The van der Waals surface area contributed by atoms with E-state index in [4.69, 9.17) is 0 Å². The molecule has 3 nitrogen and oxygen atoms in total. The summed E-state index contributed by atoms with van der Waals surface area (Å²) in [4.78, 5) is 8.05. The maximum atomic E-state index is 2.78. The Balaban J connectivity index is 1.50. The van der Waals surface area contributed by atoms with Crippen molar-refractivity contribution in [3.8, 4) is 0 Å². The van der Waals surface area contributed by atoms with Crippen molar-refractivity contribution in [3.05, 3.63) is 0 Å². The summed E-state index contributed by atoms with van der Waals surface area (Å²) in [7, 11) is 0. The predicted octanol–water partition coefficient (Wildman–Crippen LogP) is 1.89. The summed E-state index contributed by atoms with van der Waals surface area (Å²) in [6.45, 7) is 17.4. The van der Waals surface area contributed by atoms with Crippen LogP contribution in [0.1, 0.15) is 40.5 Å². The van der Waals surface area contributed by atoms with Gasteiger partial charge in [-0.25, -0.2) is 0 Å². The second-order valence-electron chi connectivity index (χ2n) is 7.36. The van der Waals surface area contributed by atoms with Gasteiger partial charge in [0.2, 0.25) is 0 Å². The van der Waals surface area contributed by atoms with Gasteiger partial charge in [-0.3, -0.25) is 9.80 Å². The van der Waals surface area contributed by atoms with E-state index in [0.717, 1.165) is 18.1 Å². The molecular weight excluding hydrogens is 234 g/mol. The summed E-state index contributed by atoms with van der Waals surface area (Å²) in [6, 6.07) is 2.39. The third-order valence-corrected chi connectivity index (χ3v) is 5.88. The third-order valence-electron chi connectivity index (χ3n) is 5.88. The molecule has 0 saturated carbocycles. The molecule has 19 heavy (non-hydrogen) atoms. The first kappa shape index (κ1) is 13.8. The number of likely N-dealkylation sites (tertiary alicyclic amines) is 3. The van der Waals surface area contributed by atoms with E-state index < -0.39 is 0 Å². The van der Waals surface area contributed by atoms with E-state index in [2.05, 4.69) is 42.4 Å². The first-order chi connectivity index (χ1) is 9.07. The standard InChI is InChI=1S/C16H31N3/c1-5-17-9-16(10-17)11-18(12-16)15-7-13(3)19(6-2)14(4)8-15/h13-15H,5-12H2,1-4H3/t13-,14?,15?/m0/s1. The van der Waals surface area contributed by atoms with E-state index in [1.807, 2.05) is 0 Å². The van der Waals surface area contributed by atoms with Gasteiger partial charge in [0, 0.05) is 49.7 Å². The minimum atomic E-state index is 0.699. The zero-order valence-corrected chi connectivity index (χ0v) is 13.2. The molecule has 0 radical (unpaired) electrons. The van der Waals surface area contributed by atoms with Crippen molar-refractivity contribution >= 4 is 0 Å². The van der Waals surface area contributed by atoms with Crippen LogP contribution in [0.15, 0.2) is 0 Å². The molecule has 0 aliphatic carbocycles. The summed E-state index contributed by atoms with van der Waals surface area (Å²) >= 11 is 0. The highest BCUT2D eigenvalue weighted by Crippen LogP contribution is 2.42. The Labute approximate surface area is 118 Å². The number of nitrogens with zero attached hydrogens (tertiary/aromatic N) is 3. The molecule has 0 N–H and O–H groups in total. The monoisotopic (exact) mass is 265 g/mol. The van der Waals surface area contributed by atoms with Crippen LogP contribution in [-0.2, 0) is 0 Å². The molecule has 3 fully saturated rings. The zero-order chi connectivity index (χ0) is 13.6. The fourth-order valence-corrected chi connectivity index (χ4v) is 4.91. The highest BCUT2D eigenvalue weighted by molar-refractivity contribution is 5.07. The van der Waals surface area contributed by atoms with Crippen LogP contribution in [0.3, 0.4) is 0 Å². The molecule has 0 amide bonds. The van der Waals surface area contributed by atoms with Gasteiger partial charge < -0.3 is 4.90 Å². The Morgan fingerprint density at radius 2 is 1.47 bits per heavy atom. The molecule has 3 heteroatoms. The Kier molecular flexibility index (Phi) is 3.65. The quantitative estimate of drug-likeness (QED) is 0.771. The maximum absolute atomic E-state index is 2.78. The lowest BCUT2D eigenvalue weighted by Gasteiger charge is -2.63. The van der Waals surface area contributed by atoms with E-state index >= 15 is 0 Å². The van der Waals surface area contributed by atoms with E-state index in [-0.39, 0.29) is 0 Å². The van der Waals surface area contributed by atoms with Crippen molar-refractivity contribution in [2.24, 2.45) is 5.41 Å². The second-order valence-corrected chi connectivity index (χ2v) is 7.36. The van der Waals surface area contributed by atoms with Crippen molar-refractivity contribution in [3.63, 3.8) is 0 Å². The van der Waals surface area contributed by atoms with Crippen LogP contribution < -0.4 is 0 Å². The third kappa shape index (κ3) is 2.34. The highest BCUT2D eigenvalue weighted by atomic mass is 15.3. The normalized spacial score (nSPS) is 40.1. The number of piperidine rings is 1. The van der Waals surface area contributed by atoms with Gasteiger partial charge in [-0.2, -0.15) is 0 Å². The van der Waals surface area contributed by atoms with E-state index in [0.29, 0.717) is 5.41 Å². The Morgan fingerprint density at radius 1 is 0.895 bits per heavy atom. The van der Waals surface area contributed by atoms with Gasteiger partial charge in [-0.1, -0.05) is 13.8 Å². The lowest BCUT2D eigenvalue weighted by atomic mass is 9.71. The Hall–Kier alpha value is -0.120. The van der Waals surface area contributed by atoms with Crippen LogP contribution in [0.4, 0.5) is 0 Å². The average molecular weight is 265 g/mol. The molecule has 3 rings (SSSR count). The molecule has 3 heterocycles. The second kappa shape index (κ2) is 5.01. The van der Waals surface area contributed by atoms with Crippen LogP contribution in [-0.4, -0.2) is 72.1 Å². The zero-order valence-electron chi connectivity index (χ0n) is 13.2. The fraction of sp³-hybridized carbons (Fsp3) is 1.00. The SMILES string of the molecule is CCN1CC2(C1)CN(C1CC(C)N(CC)[C@@H](C)C1)C2. The lowest BCUT2D eigenvalue weighted by Crippen LogP contribution is -2.74. The maximum Gasteiger partial charge on any atom is 0.0212 e. The lowest BCUT2D eigenvalue weighted by molar-refractivity contribution is -0.140. The van der Waals surface area contributed by atoms with Crippen molar-refractivity contribution in [1.29, 1.82) is 0 Å². The first-order valence-corrected chi connectivity index (χ1v) is 8.29. The molecule has 0 bridgehead atoms. The van der Waals surface area contributed by atoms with Crippen molar-refractivity contribution < 1.29 is 0 Å². The van der Waals surface area contributed by atoms with Crippen LogP contribution in [0.5, 0.6) is 0 Å². The van der Waals surface area contributed by atoms with Crippen LogP contribution in [0.25, 0.3) is 0 Å². The molecule has 1 spiro atoms. The van der Waals surface area contributed by atoms with E-state index in [9.17, 15) is 0 Å². The van der Waals surface area contributed by atoms with Gasteiger partial charge in [0.1, 0.15) is 0 Å². The molecule has 0 aromatic carbocycles. The number of rotatable bonds is 3. The number of hydrogen-bond acceptors (Lipinski definition) is 3. The van der Waals surface area contributed by atoms with Gasteiger partial charge in [-0.05, 0) is 39.8 Å². The average Bonchev–Trinajstić information content (AvgIpc) is 2.25. The molecule has 2 unspecified atom stereocenters. The Bertz CT molecular complexity index is 304. The van der Waals surface area contributed by atoms with E-state index in [1.165, 1.54) is 52.1 Å². The largest absolute Gasteiger partial charge is 0.302 e. The molecule has 0 aromatic heterocycles. The van der Waals surface area contributed by atoms with Crippen LogP contribution in [0, 0.1) is 5.41 Å². The highest BCUT2D eigenvalue weighted by Gasteiger charge is 2.53. The van der Waals surface area contributed by atoms with Gasteiger partial charge >= 0.3 is 0 Å². The Morgan fingerprint density at radius 3 is 1.95 bits per heavy atom. The first-order valence-electron chi connectivity index (χ1n) is 8.29. The summed E-state index contributed by atoms with van der Waals surface area (Å²) in [5.74, 6) is 0. The van der Waals surface area contributed by atoms with Crippen LogP contribution >= 0.6 is 0 Å². The number of hydrogen-bond donors (Lipinski definition) is 0. The van der Waals surface area contributed by atoms with Crippen LogP contribution in [0.2, 0.25) is 0 Å². The topological polar surface area (TPSA) is 9.72 Å². The minimum absolute atomic E-state index is 0.699. The smallest absolute Gasteiger partial charge is 0.0212 e. The molecular formula is C16H31N3. The molecule has 3 aliphatic rings. The molecule has 0 aromatic rings. The van der Waals surface area contributed by atoms with Gasteiger partial charge in [-0.15, -0.1) is 0 Å². The van der Waals surface area contributed by atoms with Crippen molar-refractivity contribution in [1.82, 2.24) is 14.7 Å². The minimum Gasteiger partial charge on any atom is -0.302 e. The summed E-state index contributed by atoms with van der Waals surface area (Å²) in [6.07, 6.45) is 2.76. The molecule has 3 aliphatic heterocycles. The van der Waals surface area contributed by atoms with Crippen molar-refractivity contribution in [2.75, 3.05) is 39.3 Å². The summed E-state index contributed by atoms with van der Waals surface area (Å²) in [5, 5.41) is 0. The van der Waals surface area contributed by atoms with Gasteiger partial charge in [0.15, 0.2) is 0 Å². The predicted molar refractivity (Wildman–Crippen MR) is 80.4 cm³/mol. The summed E-state index contributed by atoms with van der Waals surface area (Å²) in [5.41, 5.74) is 0.699. The van der Waals surface area contributed by atoms with Crippen molar-refractivity contribution in [2.45, 2.75) is 58.7 Å².